The Balaban J connectivity index is 2.49. The van der Waals surface area contributed by atoms with Gasteiger partial charge in [-0.25, -0.2) is 0 Å². The van der Waals surface area contributed by atoms with Crippen molar-refractivity contribution in [2.45, 2.75) is 52.7 Å². The van der Waals surface area contributed by atoms with Crippen molar-refractivity contribution in [3.05, 3.63) is 0 Å². The Kier molecular flexibility index (Phi) is 2.75. The van der Waals surface area contributed by atoms with Gasteiger partial charge in [0.1, 0.15) is 0 Å². The molecular formula is C11H23NO. The quantitative estimate of drug-likeness (QED) is 0.715. The maximum absolute atomic E-state index is 5.97. The highest BCUT2D eigenvalue weighted by Gasteiger charge is 2.49. The summed E-state index contributed by atoms with van der Waals surface area (Å²) < 4.78 is 5.97. The lowest BCUT2D eigenvalue weighted by atomic mass is 9.60. The molecule has 2 N–H and O–H groups in total. The van der Waals surface area contributed by atoms with Crippen molar-refractivity contribution in [3.8, 4) is 0 Å². The highest BCUT2D eigenvalue weighted by molar-refractivity contribution is 4.99. The molecule has 0 bridgehead atoms. The second-order valence-corrected chi connectivity index (χ2v) is 5.71. The second-order valence-electron chi connectivity index (χ2n) is 5.71. The van der Waals surface area contributed by atoms with E-state index in [1.165, 1.54) is 0 Å². The minimum absolute atomic E-state index is 0.0263. The summed E-state index contributed by atoms with van der Waals surface area (Å²) in [6.45, 7) is 11.6. The summed E-state index contributed by atoms with van der Waals surface area (Å²) in [6, 6.07) is 0. The first-order chi connectivity index (χ1) is 5.77. The molecule has 0 aromatic rings. The van der Waals surface area contributed by atoms with Gasteiger partial charge in [0.05, 0.1) is 11.7 Å². The van der Waals surface area contributed by atoms with E-state index in [2.05, 4.69) is 34.6 Å². The SMILES string of the molecule is CC(C)(C)OC1CC(CN)C1(C)C. The Labute approximate surface area is 81.8 Å². The summed E-state index contributed by atoms with van der Waals surface area (Å²) in [4.78, 5) is 0. The number of ether oxygens (including phenoxy) is 1. The van der Waals surface area contributed by atoms with Crippen molar-refractivity contribution in [2.24, 2.45) is 17.1 Å². The summed E-state index contributed by atoms with van der Waals surface area (Å²) in [5.41, 5.74) is 5.92. The normalized spacial score (nSPS) is 32.8. The molecule has 1 aliphatic rings. The third-order valence-electron chi connectivity index (χ3n) is 3.16. The summed E-state index contributed by atoms with van der Waals surface area (Å²) in [6.07, 6.45) is 1.52. The Morgan fingerprint density at radius 2 is 1.92 bits per heavy atom. The van der Waals surface area contributed by atoms with E-state index in [1.807, 2.05) is 0 Å². The number of hydrogen-bond donors (Lipinski definition) is 1. The summed E-state index contributed by atoms with van der Waals surface area (Å²) in [5, 5.41) is 0. The van der Waals surface area contributed by atoms with E-state index in [9.17, 15) is 0 Å². The van der Waals surface area contributed by atoms with Gasteiger partial charge in [0.15, 0.2) is 0 Å². The van der Waals surface area contributed by atoms with Gasteiger partial charge in [0.25, 0.3) is 0 Å². The molecule has 0 heterocycles. The van der Waals surface area contributed by atoms with Crippen LogP contribution in [0.25, 0.3) is 0 Å². The highest BCUT2D eigenvalue weighted by Crippen LogP contribution is 2.48. The molecule has 2 unspecified atom stereocenters. The molecule has 1 aliphatic carbocycles. The Bertz CT molecular complexity index is 181. The first kappa shape index (κ1) is 11.0. The molecule has 1 saturated carbocycles. The van der Waals surface area contributed by atoms with Crippen LogP contribution in [0.15, 0.2) is 0 Å². The van der Waals surface area contributed by atoms with Crippen molar-refractivity contribution in [3.63, 3.8) is 0 Å². The zero-order valence-corrected chi connectivity index (χ0v) is 9.55. The molecule has 0 aromatic carbocycles. The number of rotatable bonds is 2. The average Bonchev–Trinajstić information content (AvgIpc) is 1.95. The first-order valence-electron chi connectivity index (χ1n) is 5.15. The van der Waals surface area contributed by atoms with Gasteiger partial charge < -0.3 is 10.5 Å². The fourth-order valence-electron chi connectivity index (χ4n) is 2.00. The largest absolute Gasteiger partial charge is 0.372 e. The molecule has 0 saturated heterocycles. The first-order valence-corrected chi connectivity index (χ1v) is 5.15. The Morgan fingerprint density at radius 3 is 2.23 bits per heavy atom. The van der Waals surface area contributed by atoms with Crippen LogP contribution in [0.4, 0.5) is 0 Å². The van der Waals surface area contributed by atoms with Crippen molar-refractivity contribution >= 4 is 0 Å². The molecule has 2 heteroatoms. The molecule has 1 rings (SSSR count). The van der Waals surface area contributed by atoms with Crippen LogP contribution in [-0.2, 0) is 4.74 Å². The lowest BCUT2D eigenvalue weighted by Crippen LogP contribution is -2.55. The molecule has 2 nitrogen and oxygen atoms in total. The van der Waals surface area contributed by atoms with E-state index in [0.29, 0.717) is 12.0 Å². The monoisotopic (exact) mass is 185 g/mol. The van der Waals surface area contributed by atoms with Crippen LogP contribution in [0.1, 0.15) is 41.0 Å². The zero-order chi connectivity index (χ0) is 10.3. The van der Waals surface area contributed by atoms with Crippen LogP contribution in [0.5, 0.6) is 0 Å². The summed E-state index contributed by atoms with van der Waals surface area (Å²) in [7, 11) is 0. The maximum Gasteiger partial charge on any atom is 0.0639 e. The maximum atomic E-state index is 5.97. The van der Waals surface area contributed by atoms with E-state index in [1.54, 1.807) is 0 Å². The smallest absolute Gasteiger partial charge is 0.0639 e. The van der Waals surface area contributed by atoms with Gasteiger partial charge in [-0.1, -0.05) is 13.8 Å². The van der Waals surface area contributed by atoms with Crippen molar-refractivity contribution < 1.29 is 4.74 Å². The lowest BCUT2D eigenvalue weighted by Gasteiger charge is -2.53. The van der Waals surface area contributed by atoms with Gasteiger partial charge in [-0.3, -0.25) is 0 Å². The Morgan fingerprint density at radius 1 is 1.38 bits per heavy atom. The van der Waals surface area contributed by atoms with Gasteiger partial charge >= 0.3 is 0 Å². The summed E-state index contributed by atoms with van der Waals surface area (Å²) in [5.74, 6) is 0.639. The fraction of sp³-hybridized carbons (Fsp3) is 1.00. The van der Waals surface area contributed by atoms with Gasteiger partial charge in [-0.05, 0) is 45.1 Å². The zero-order valence-electron chi connectivity index (χ0n) is 9.55. The third-order valence-corrected chi connectivity index (χ3v) is 3.16. The van der Waals surface area contributed by atoms with E-state index >= 15 is 0 Å². The van der Waals surface area contributed by atoms with Gasteiger partial charge in [0.2, 0.25) is 0 Å². The minimum atomic E-state index is -0.0263. The molecule has 1 fully saturated rings. The minimum Gasteiger partial charge on any atom is -0.372 e. The van der Waals surface area contributed by atoms with Crippen LogP contribution in [0, 0.1) is 11.3 Å². The molecule has 0 aliphatic heterocycles. The molecule has 78 valence electrons. The van der Waals surface area contributed by atoms with Gasteiger partial charge in [-0.2, -0.15) is 0 Å². The summed E-state index contributed by atoms with van der Waals surface area (Å²) >= 11 is 0. The van der Waals surface area contributed by atoms with Gasteiger partial charge in [0, 0.05) is 0 Å². The number of nitrogens with two attached hydrogens (primary N) is 1. The average molecular weight is 185 g/mol. The second kappa shape index (κ2) is 3.25. The highest BCUT2D eigenvalue weighted by atomic mass is 16.5. The fourth-order valence-corrected chi connectivity index (χ4v) is 2.00. The van der Waals surface area contributed by atoms with Crippen LogP contribution in [0.3, 0.4) is 0 Å². The molecule has 13 heavy (non-hydrogen) atoms. The van der Waals surface area contributed by atoms with E-state index in [-0.39, 0.29) is 11.0 Å². The van der Waals surface area contributed by atoms with Crippen molar-refractivity contribution in [1.29, 1.82) is 0 Å². The van der Waals surface area contributed by atoms with Crippen LogP contribution in [-0.4, -0.2) is 18.2 Å². The van der Waals surface area contributed by atoms with Crippen LogP contribution >= 0.6 is 0 Å². The molecule has 0 amide bonds. The van der Waals surface area contributed by atoms with E-state index < -0.39 is 0 Å². The predicted octanol–water partition coefficient (Wildman–Crippen LogP) is 2.17. The number of hydrogen-bond acceptors (Lipinski definition) is 2. The van der Waals surface area contributed by atoms with E-state index in [4.69, 9.17) is 10.5 Å². The molecule has 2 atom stereocenters. The van der Waals surface area contributed by atoms with Gasteiger partial charge in [-0.15, -0.1) is 0 Å². The van der Waals surface area contributed by atoms with Crippen LogP contribution < -0.4 is 5.73 Å². The van der Waals surface area contributed by atoms with Crippen LogP contribution in [0.2, 0.25) is 0 Å². The predicted molar refractivity (Wildman–Crippen MR) is 55.6 cm³/mol. The topological polar surface area (TPSA) is 35.2 Å². The standard InChI is InChI=1S/C11H23NO/c1-10(2,3)13-9-6-8(7-12)11(9,4)5/h8-9H,6-7,12H2,1-5H3. The van der Waals surface area contributed by atoms with Crippen molar-refractivity contribution in [2.75, 3.05) is 6.54 Å². The third kappa shape index (κ3) is 2.23. The molecular weight excluding hydrogens is 162 g/mol. The lowest BCUT2D eigenvalue weighted by molar-refractivity contribution is -0.186. The molecule has 0 aromatic heterocycles. The Hall–Kier alpha value is -0.0800. The van der Waals surface area contributed by atoms with E-state index in [0.717, 1.165) is 13.0 Å². The molecule has 0 radical (unpaired) electrons. The molecule has 0 spiro atoms. The van der Waals surface area contributed by atoms with Crippen molar-refractivity contribution in [1.82, 2.24) is 0 Å².